The average Bonchev–Trinajstić information content (AvgIpc) is 3.05. The second kappa shape index (κ2) is 10.1. The third-order valence-electron chi connectivity index (χ3n) is 3.66. The van der Waals surface area contributed by atoms with Crippen molar-refractivity contribution in [2.45, 2.75) is 33.2 Å². The number of aromatic nitrogens is 3. The number of hydrogen-bond acceptors (Lipinski definition) is 3. The molecule has 2 N–H and O–H groups in total. The maximum Gasteiger partial charge on any atom is 0.191 e. The van der Waals surface area contributed by atoms with Crippen molar-refractivity contribution in [2.24, 2.45) is 4.99 Å². The molecular formula is C17H24BrFN6. The summed E-state index contributed by atoms with van der Waals surface area (Å²) in [4.78, 5) is 4.57. The van der Waals surface area contributed by atoms with Gasteiger partial charge >= 0.3 is 0 Å². The predicted octanol–water partition coefficient (Wildman–Crippen LogP) is 2.54. The van der Waals surface area contributed by atoms with Crippen LogP contribution in [0.25, 0.3) is 0 Å². The fourth-order valence-corrected chi connectivity index (χ4v) is 2.79. The Morgan fingerprint density at radius 1 is 1.32 bits per heavy atom. The monoisotopic (exact) mass is 410 g/mol. The molecule has 0 aliphatic carbocycles. The summed E-state index contributed by atoms with van der Waals surface area (Å²) in [6.45, 7) is 7.03. The van der Waals surface area contributed by atoms with Crippen LogP contribution < -0.4 is 10.6 Å². The minimum absolute atomic E-state index is 0.248. The van der Waals surface area contributed by atoms with E-state index in [1.54, 1.807) is 18.5 Å². The lowest BCUT2D eigenvalue weighted by Crippen LogP contribution is -2.39. The van der Waals surface area contributed by atoms with Crippen molar-refractivity contribution < 1.29 is 4.39 Å². The first-order chi connectivity index (χ1) is 12.1. The Hall–Kier alpha value is -1.96. The Bertz CT molecular complexity index is 700. The molecule has 1 aromatic heterocycles. The Kier molecular flexibility index (Phi) is 7.84. The molecule has 0 spiro atoms. The lowest BCUT2D eigenvalue weighted by molar-refractivity contribution is 0.620. The summed E-state index contributed by atoms with van der Waals surface area (Å²) in [6, 6.07) is 5.05. The van der Waals surface area contributed by atoms with E-state index in [0.29, 0.717) is 11.0 Å². The molecule has 6 nitrogen and oxygen atoms in total. The van der Waals surface area contributed by atoms with Gasteiger partial charge in [-0.3, -0.25) is 4.99 Å². The number of aliphatic imine (C=N–C) groups is 1. The van der Waals surface area contributed by atoms with Crippen molar-refractivity contribution >= 4 is 21.9 Å². The predicted molar refractivity (Wildman–Crippen MR) is 101 cm³/mol. The van der Waals surface area contributed by atoms with E-state index in [9.17, 15) is 4.39 Å². The quantitative estimate of drug-likeness (QED) is 0.518. The highest BCUT2D eigenvalue weighted by Gasteiger charge is 2.03. The molecule has 0 atom stereocenters. The van der Waals surface area contributed by atoms with Crippen molar-refractivity contribution in [3.05, 3.63) is 46.2 Å². The maximum absolute atomic E-state index is 13.3. The Morgan fingerprint density at radius 3 is 2.88 bits per heavy atom. The number of hydrogen-bond donors (Lipinski definition) is 2. The highest BCUT2D eigenvalue weighted by Crippen LogP contribution is 2.17. The van der Waals surface area contributed by atoms with Crippen molar-refractivity contribution in [1.82, 2.24) is 25.4 Å². The summed E-state index contributed by atoms with van der Waals surface area (Å²) in [7, 11) is 0. The molecule has 0 amide bonds. The van der Waals surface area contributed by atoms with Crippen LogP contribution in [0.2, 0.25) is 0 Å². The summed E-state index contributed by atoms with van der Waals surface area (Å²) < 4.78 is 15.8. The third kappa shape index (κ3) is 6.12. The van der Waals surface area contributed by atoms with Gasteiger partial charge in [0.25, 0.3) is 0 Å². The normalized spacial score (nSPS) is 11.6. The molecule has 0 unspecified atom stereocenters. The van der Waals surface area contributed by atoms with E-state index in [0.717, 1.165) is 49.8 Å². The van der Waals surface area contributed by atoms with E-state index >= 15 is 0 Å². The summed E-state index contributed by atoms with van der Waals surface area (Å²) in [5.41, 5.74) is 1.05. The van der Waals surface area contributed by atoms with E-state index in [2.05, 4.69) is 48.7 Å². The summed E-state index contributed by atoms with van der Waals surface area (Å²) in [5, 5.41) is 14.5. The lowest BCUT2D eigenvalue weighted by Gasteiger charge is -2.12. The van der Waals surface area contributed by atoms with Crippen LogP contribution >= 0.6 is 15.9 Å². The van der Waals surface area contributed by atoms with Gasteiger partial charge in [0.1, 0.15) is 18.0 Å². The standard InChI is InChI=1S/C17H24BrFN6/c1-3-16-24-23-12-25(16)10-9-22-17(20-4-2)21-8-7-13-5-6-15(19)14(18)11-13/h5-6,11-12H,3-4,7-10H2,1-2H3,(H2,20,21,22). The number of nitrogens with zero attached hydrogens (tertiary/aromatic N) is 4. The third-order valence-corrected chi connectivity index (χ3v) is 4.26. The van der Waals surface area contributed by atoms with Gasteiger partial charge in [-0.05, 0) is 47.0 Å². The van der Waals surface area contributed by atoms with E-state index in [4.69, 9.17) is 0 Å². The van der Waals surface area contributed by atoms with E-state index < -0.39 is 0 Å². The van der Waals surface area contributed by atoms with Gasteiger partial charge in [0.05, 0.1) is 4.47 Å². The van der Waals surface area contributed by atoms with Crippen LogP contribution in [0.15, 0.2) is 34.0 Å². The van der Waals surface area contributed by atoms with Crippen LogP contribution in [0.4, 0.5) is 4.39 Å². The van der Waals surface area contributed by atoms with Gasteiger partial charge < -0.3 is 15.2 Å². The molecule has 8 heteroatoms. The van der Waals surface area contributed by atoms with Crippen LogP contribution in [0, 0.1) is 5.82 Å². The van der Waals surface area contributed by atoms with Crippen molar-refractivity contribution in [3.63, 3.8) is 0 Å². The number of benzene rings is 1. The molecule has 2 rings (SSSR count). The smallest absolute Gasteiger partial charge is 0.191 e. The van der Waals surface area contributed by atoms with Crippen molar-refractivity contribution in [1.29, 1.82) is 0 Å². The van der Waals surface area contributed by atoms with Crippen molar-refractivity contribution in [3.8, 4) is 0 Å². The number of rotatable bonds is 8. The largest absolute Gasteiger partial charge is 0.357 e. The summed E-state index contributed by atoms with van der Waals surface area (Å²) in [5.74, 6) is 1.50. The molecule has 0 fully saturated rings. The van der Waals surface area contributed by atoms with Gasteiger partial charge in [0.2, 0.25) is 0 Å². The molecule has 136 valence electrons. The first-order valence-electron chi connectivity index (χ1n) is 8.46. The van der Waals surface area contributed by atoms with Crippen LogP contribution in [0.5, 0.6) is 0 Å². The minimum atomic E-state index is -0.248. The highest BCUT2D eigenvalue weighted by molar-refractivity contribution is 9.10. The molecule has 0 saturated carbocycles. The van der Waals surface area contributed by atoms with Crippen LogP contribution in [0.3, 0.4) is 0 Å². The Balaban J connectivity index is 1.84. The van der Waals surface area contributed by atoms with Gasteiger partial charge in [-0.2, -0.15) is 0 Å². The van der Waals surface area contributed by atoms with Crippen LogP contribution in [-0.4, -0.2) is 40.4 Å². The molecule has 0 bridgehead atoms. The molecule has 0 aliphatic heterocycles. The zero-order valence-electron chi connectivity index (χ0n) is 14.6. The first kappa shape index (κ1) is 19.4. The van der Waals surface area contributed by atoms with Crippen molar-refractivity contribution in [2.75, 3.05) is 19.6 Å². The molecule has 1 aromatic carbocycles. The molecule has 2 aromatic rings. The Labute approximate surface area is 156 Å². The number of halogens is 2. The second-order valence-corrected chi connectivity index (χ2v) is 6.33. The molecule has 0 saturated heterocycles. The molecule has 0 aliphatic rings. The highest BCUT2D eigenvalue weighted by atomic mass is 79.9. The van der Waals surface area contributed by atoms with Crippen LogP contribution in [0.1, 0.15) is 25.2 Å². The van der Waals surface area contributed by atoms with E-state index in [1.165, 1.54) is 6.07 Å². The van der Waals surface area contributed by atoms with Gasteiger partial charge in [0, 0.05) is 32.6 Å². The van der Waals surface area contributed by atoms with Gasteiger partial charge in [-0.15, -0.1) is 10.2 Å². The number of nitrogens with one attached hydrogen (secondary N) is 2. The number of aryl methyl sites for hydroxylation is 1. The first-order valence-corrected chi connectivity index (χ1v) is 9.26. The fourth-order valence-electron chi connectivity index (χ4n) is 2.37. The molecule has 0 radical (unpaired) electrons. The zero-order chi connectivity index (χ0) is 18.1. The van der Waals surface area contributed by atoms with E-state index in [-0.39, 0.29) is 5.82 Å². The number of guanidine groups is 1. The molecular weight excluding hydrogens is 387 g/mol. The topological polar surface area (TPSA) is 67.1 Å². The van der Waals surface area contributed by atoms with Gasteiger partial charge in [0.15, 0.2) is 5.96 Å². The fraction of sp³-hybridized carbons (Fsp3) is 0.471. The minimum Gasteiger partial charge on any atom is -0.357 e. The van der Waals surface area contributed by atoms with Crippen LogP contribution in [-0.2, 0) is 19.4 Å². The maximum atomic E-state index is 13.3. The van der Waals surface area contributed by atoms with Gasteiger partial charge in [-0.1, -0.05) is 13.0 Å². The zero-order valence-corrected chi connectivity index (χ0v) is 16.2. The lowest BCUT2D eigenvalue weighted by atomic mass is 10.1. The molecule has 25 heavy (non-hydrogen) atoms. The average molecular weight is 411 g/mol. The SMILES string of the molecule is CCNC(=NCCc1ccc(F)c(Br)c1)NCCn1cnnc1CC. The Morgan fingerprint density at radius 2 is 2.16 bits per heavy atom. The molecule has 1 heterocycles. The van der Waals surface area contributed by atoms with E-state index in [1.807, 2.05) is 11.5 Å². The summed E-state index contributed by atoms with van der Waals surface area (Å²) in [6.07, 6.45) is 3.36. The van der Waals surface area contributed by atoms with Gasteiger partial charge in [-0.25, -0.2) is 4.39 Å². The summed E-state index contributed by atoms with van der Waals surface area (Å²) >= 11 is 3.21. The second-order valence-electron chi connectivity index (χ2n) is 5.48.